The maximum atomic E-state index is 12.1. The summed E-state index contributed by atoms with van der Waals surface area (Å²) in [5.74, 6) is 0.670. The molecule has 1 aromatic rings. The number of rotatable bonds is 8. The number of fused-ring (bicyclic) bond motifs is 5. The van der Waals surface area contributed by atoms with Gasteiger partial charge in [0.05, 0.1) is 0 Å². The van der Waals surface area contributed by atoms with Crippen molar-refractivity contribution in [1.29, 1.82) is 0 Å². The second-order valence-electron chi connectivity index (χ2n) is 8.14. The lowest BCUT2D eigenvalue weighted by Crippen LogP contribution is -2.37. The quantitative estimate of drug-likeness (QED) is 0.652. The van der Waals surface area contributed by atoms with E-state index in [1.807, 2.05) is 6.07 Å². The zero-order valence-electron chi connectivity index (χ0n) is 16.6. The molecule has 1 saturated heterocycles. The molecule has 0 spiro atoms. The van der Waals surface area contributed by atoms with Crippen molar-refractivity contribution < 1.29 is 9.53 Å². The number of ether oxygens (including phenoxy) is 1. The molecule has 2 atom stereocenters. The summed E-state index contributed by atoms with van der Waals surface area (Å²) >= 11 is 0. The summed E-state index contributed by atoms with van der Waals surface area (Å²) in [7, 11) is 0. The Hall–Kier alpha value is -1.55. The zero-order valence-corrected chi connectivity index (χ0v) is 16.6. The number of amides is 1. The van der Waals surface area contributed by atoms with Crippen molar-refractivity contribution in [3.8, 4) is 5.75 Å². The molecule has 0 unspecified atom stereocenters. The Morgan fingerprint density at radius 2 is 2.08 bits per heavy atom. The predicted molar refractivity (Wildman–Crippen MR) is 106 cm³/mol. The van der Waals surface area contributed by atoms with Gasteiger partial charge < -0.3 is 10.1 Å². The van der Waals surface area contributed by atoms with Gasteiger partial charge in [0, 0.05) is 12.6 Å². The monoisotopic (exact) mass is 358 g/mol. The number of carbonyl (C=O) groups excluding carboxylic acids is 1. The highest BCUT2D eigenvalue weighted by molar-refractivity contribution is 5.70. The molecule has 1 fully saturated rings. The Labute approximate surface area is 158 Å². The minimum Gasteiger partial charge on any atom is -0.410 e. The van der Waals surface area contributed by atoms with E-state index in [0.717, 1.165) is 19.5 Å². The van der Waals surface area contributed by atoms with E-state index < -0.39 is 0 Å². The molecule has 0 radical (unpaired) electrons. The van der Waals surface area contributed by atoms with E-state index in [1.165, 1.54) is 49.7 Å². The molecule has 0 saturated carbocycles. The number of likely N-dealkylation sites (tertiary alicyclic amines) is 1. The van der Waals surface area contributed by atoms with Crippen molar-refractivity contribution in [1.82, 2.24) is 10.2 Å². The molecular formula is C22H34N2O2. The van der Waals surface area contributed by atoms with Gasteiger partial charge in [0.25, 0.3) is 0 Å². The summed E-state index contributed by atoms with van der Waals surface area (Å²) in [4.78, 5) is 14.6. The highest BCUT2D eigenvalue weighted by Crippen LogP contribution is 2.53. The van der Waals surface area contributed by atoms with E-state index >= 15 is 0 Å². The van der Waals surface area contributed by atoms with Gasteiger partial charge in [-0.2, -0.15) is 0 Å². The molecule has 1 heterocycles. The van der Waals surface area contributed by atoms with E-state index in [-0.39, 0.29) is 11.5 Å². The van der Waals surface area contributed by atoms with E-state index in [0.29, 0.717) is 18.3 Å². The van der Waals surface area contributed by atoms with Crippen LogP contribution >= 0.6 is 0 Å². The van der Waals surface area contributed by atoms with E-state index in [1.54, 1.807) is 0 Å². The summed E-state index contributed by atoms with van der Waals surface area (Å²) in [6.07, 6.45) is 7.97. The van der Waals surface area contributed by atoms with Crippen LogP contribution in [0.3, 0.4) is 0 Å². The summed E-state index contributed by atoms with van der Waals surface area (Å²) in [5.41, 5.74) is 3.03. The van der Waals surface area contributed by atoms with Crippen LogP contribution in [0.1, 0.15) is 82.9 Å². The molecular weight excluding hydrogens is 324 g/mol. The van der Waals surface area contributed by atoms with Gasteiger partial charge in [0.1, 0.15) is 5.75 Å². The van der Waals surface area contributed by atoms with Gasteiger partial charge in [-0.25, -0.2) is 4.79 Å². The van der Waals surface area contributed by atoms with Crippen LogP contribution in [0.4, 0.5) is 4.79 Å². The Morgan fingerprint density at radius 3 is 2.85 bits per heavy atom. The van der Waals surface area contributed by atoms with Crippen molar-refractivity contribution >= 4 is 6.09 Å². The summed E-state index contributed by atoms with van der Waals surface area (Å²) in [6, 6.07) is 6.76. The highest BCUT2D eigenvalue weighted by Gasteiger charge is 2.46. The number of unbranched alkanes of at least 4 members (excludes halogenated alkanes) is 4. The first-order valence-electron chi connectivity index (χ1n) is 10.4. The maximum Gasteiger partial charge on any atom is 0.412 e. The predicted octanol–water partition coefficient (Wildman–Crippen LogP) is 5.17. The molecule has 2 aliphatic rings. The Bertz CT molecular complexity index is 631. The number of hydrogen-bond acceptors (Lipinski definition) is 3. The third kappa shape index (κ3) is 4.06. The first kappa shape index (κ1) is 19.2. The molecule has 2 bridgehead atoms. The highest BCUT2D eigenvalue weighted by atomic mass is 16.6. The van der Waals surface area contributed by atoms with Gasteiger partial charge in [-0.05, 0) is 61.0 Å². The number of nitrogens with one attached hydrogen (secondary N) is 1. The summed E-state index contributed by atoms with van der Waals surface area (Å²) in [6.45, 7) is 9.75. The molecule has 3 rings (SSSR count). The van der Waals surface area contributed by atoms with Crippen LogP contribution in [-0.4, -0.2) is 30.6 Å². The third-order valence-electron chi connectivity index (χ3n) is 6.24. The number of hydrogen-bond donors (Lipinski definition) is 1. The molecule has 1 aromatic carbocycles. The van der Waals surface area contributed by atoms with E-state index in [2.05, 4.69) is 43.1 Å². The van der Waals surface area contributed by atoms with Gasteiger partial charge in [0.15, 0.2) is 0 Å². The Kier molecular flexibility index (Phi) is 6.23. The Balaban J connectivity index is 1.56. The second kappa shape index (κ2) is 8.43. The lowest BCUT2D eigenvalue weighted by Gasteiger charge is -2.37. The summed E-state index contributed by atoms with van der Waals surface area (Å²) in [5, 5.41) is 2.88. The van der Waals surface area contributed by atoms with Gasteiger partial charge in [-0.3, -0.25) is 4.90 Å². The van der Waals surface area contributed by atoms with Crippen molar-refractivity contribution in [2.45, 2.75) is 77.2 Å². The van der Waals surface area contributed by atoms with Crippen molar-refractivity contribution in [3.05, 3.63) is 29.3 Å². The number of piperidine rings is 1. The average Bonchev–Trinajstić information content (AvgIpc) is 2.86. The topological polar surface area (TPSA) is 41.6 Å². The van der Waals surface area contributed by atoms with Gasteiger partial charge in [0.2, 0.25) is 0 Å². The molecule has 1 amide bonds. The normalized spacial score (nSPS) is 24.3. The largest absolute Gasteiger partial charge is 0.412 e. The van der Waals surface area contributed by atoms with Gasteiger partial charge >= 0.3 is 6.09 Å². The molecule has 26 heavy (non-hydrogen) atoms. The van der Waals surface area contributed by atoms with Crippen molar-refractivity contribution in [3.63, 3.8) is 0 Å². The van der Waals surface area contributed by atoms with Crippen LogP contribution in [0.5, 0.6) is 5.75 Å². The zero-order chi connectivity index (χ0) is 18.6. The lowest BCUT2D eigenvalue weighted by molar-refractivity contribution is 0.129. The van der Waals surface area contributed by atoms with E-state index in [4.69, 9.17) is 4.74 Å². The number of benzene rings is 1. The minimum atomic E-state index is -0.332. The van der Waals surface area contributed by atoms with Gasteiger partial charge in [-0.15, -0.1) is 0 Å². The first-order chi connectivity index (χ1) is 12.6. The van der Waals surface area contributed by atoms with Crippen LogP contribution in [0.15, 0.2) is 18.2 Å². The lowest BCUT2D eigenvalue weighted by atomic mass is 9.79. The fourth-order valence-electron chi connectivity index (χ4n) is 4.61. The van der Waals surface area contributed by atoms with E-state index in [9.17, 15) is 4.79 Å². The van der Waals surface area contributed by atoms with Crippen LogP contribution in [0.2, 0.25) is 0 Å². The van der Waals surface area contributed by atoms with Crippen LogP contribution in [-0.2, 0) is 5.41 Å². The molecule has 1 aliphatic carbocycles. The fourth-order valence-corrected chi connectivity index (χ4v) is 4.61. The maximum absolute atomic E-state index is 12.1. The Morgan fingerprint density at radius 1 is 1.27 bits per heavy atom. The third-order valence-corrected chi connectivity index (χ3v) is 6.24. The SMILES string of the molecule is CCCCCCCNC(=O)Oc1ccc2c(c1)[C@]1(C)CCN(CC)[C@H]2C1. The molecule has 1 aliphatic heterocycles. The smallest absolute Gasteiger partial charge is 0.410 e. The standard InChI is InChI=1S/C22H34N2O2/c1-4-6-7-8-9-13-23-21(25)26-17-10-11-18-19(15-17)22(3)12-14-24(5-2)20(18)16-22/h10-11,15,20H,4-9,12-14,16H2,1-3H3,(H,23,25)/t20-,22+/m0/s1. The van der Waals surface area contributed by atoms with Crippen LogP contribution < -0.4 is 10.1 Å². The number of nitrogens with zero attached hydrogens (tertiary/aromatic N) is 1. The molecule has 0 aromatic heterocycles. The van der Waals surface area contributed by atoms with Crippen LogP contribution in [0.25, 0.3) is 0 Å². The summed E-state index contributed by atoms with van der Waals surface area (Å²) < 4.78 is 5.55. The minimum absolute atomic E-state index is 0.223. The van der Waals surface area contributed by atoms with Crippen molar-refractivity contribution in [2.75, 3.05) is 19.6 Å². The average molecular weight is 359 g/mol. The number of carbonyl (C=O) groups is 1. The van der Waals surface area contributed by atoms with Gasteiger partial charge in [-0.1, -0.05) is 52.5 Å². The fraction of sp³-hybridized carbons (Fsp3) is 0.682. The molecule has 4 heteroatoms. The molecule has 1 N–H and O–H groups in total. The van der Waals surface area contributed by atoms with Crippen LogP contribution in [0, 0.1) is 0 Å². The molecule has 144 valence electrons. The first-order valence-corrected chi connectivity index (χ1v) is 10.4. The second-order valence-corrected chi connectivity index (χ2v) is 8.14. The molecule has 4 nitrogen and oxygen atoms in total. The van der Waals surface area contributed by atoms with Crippen molar-refractivity contribution in [2.24, 2.45) is 0 Å².